The Kier molecular flexibility index (Phi) is 6.54. The Morgan fingerprint density at radius 2 is 1.62 bits per heavy atom. The first-order valence-corrected chi connectivity index (χ1v) is 7.34. The molecule has 0 nitrogen and oxygen atoms in total. The molecule has 0 fully saturated rings. The van der Waals surface area contributed by atoms with Crippen molar-refractivity contribution in [1.29, 1.82) is 0 Å². The largest absolute Gasteiger partial charge is 0.147 e. The van der Waals surface area contributed by atoms with E-state index >= 15 is 0 Å². The molecule has 0 spiro atoms. The van der Waals surface area contributed by atoms with Gasteiger partial charge in [0.15, 0.2) is 0 Å². The Morgan fingerprint density at radius 3 is 1.62 bits per heavy atom. The van der Waals surface area contributed by atoms with Crippen molar-refractivity contribution in [3.05, 3.63) is 0 Å². The smallest absolute Gasteiger partial charge is 0.147 e. The van der Waals surface area contributed by atoms with Crippen molar-refractivity contribution in [2.45, 2.75) is 19.6 Å². The van der Waals surface area contributed by atoms with E-state index in [0.717, 1.165) is 18.3 Å². The molecule has 0 rings (SSSR count). The van der Waals surface area contributed by atoms with Crippen LogP contribution in [-0.4, -0.2) is 8.07 Å². The number of rotatable bonds is 0. The van der Waals surface area contributed by atoms with E-state index in [0.29, 0.717) is 0 Å². The molecule has 0 atom stereocenters. The summed E-state index contributed by atoms with van der Waals surface area (Å²) in [6.07, 6.45) is 0. The topological polar surface area (TPSA) is 0 Å². The zero-order valence-corrected chi connectivity index (χ0v) is 10.4. The summed E-state index contributed by atoms with van der Waals surface area (Å²) in [5, 5.41) is 0. The van der Waals surface area contributed by atoms with Gasteiger partial charge in [0.1, 0.15) is 0 Å². The molecular formula is C5H10ClSiZn. The maximum Gasteiger partial charge on any atom is -0.147 e. The summed E-state index contributed by atoms with van der Waals surface area (Å²) in [6.45, 7) is 6.78. The molecule has 0 aromatic rings. The molecule has 0 saturated carbocycles. The molecule has 0 saturated heterocycles. The van der Waals surface area contributed by atoms with Crippen molar-refractivity contribution in [3.63, 3.8) is 0 Å². The second-order valence-electron chi connectivity index (χ2n) is 2.55. The van der Waals surface area contributed by atoms with E-state index < -0.39 is 8.07 Å². The minimum Gasteiger partial charge on any atom is -0.147 e. The number of halogens is 1. The molecule has 0 N–H and O–H groups in total. The van der Waals surface area contributed by atoms with E-state index in [9.17, 15) is 0 Å². The Balaban J connectivity index is 0. The monoisotopic (exact) mass is 197 g/mol. The summed E-state index contributed by atoms with van der Waals surface area (Å²) < 4.78 is 3.04. The molecule has 0 radical (unpaired) electrons. The zero-order valence-electron chi connectivity index (χ0n) is 5.62. The standard InChI is InChI=1S/C5H9Si.ClH.Zn/c1-5-6(2,3)4;;/h2-4H3;1H;. The van der Waals surface area contributed by atoms with Crippen molar-refractivity contribution < 1.29 is 18.3 Å². The van der Waals surface area contributed by atoms with Crippen LogP contribution in [0.5, 0.6) is 0 Å². The van der Waals surface area contributed by atoms with E-state index in [1.54, 1.807) is 0 Å². The molecule has 0 unspecified atom stereocenters. The minimum atomic E-state index is -0.987. The summed E-state index contributed by atoms with van der Waals surface area (Å²) in [6, 6.07) is 0. The Morgan fingerprint density at radius 1 is 1.25 bits per heavy atom. The molecule has 0 aromatic carbocycles. The van der Waals surface area contributed by atoms with Crippen LogP contribution in [0.25, 0.3) is 0 Å². The summed E-state index contributed by atoms with van der Waals surface area (Å²) in [5.74, 6) is 0. The molecule has 0 bridgehead atoms. The van der Waals surface area contributed by atoms with Crippen molar-refractivity contribution >= 4 is 20.5 Å². The van der Waals surface area contributed by atoms with Gasteiger partial charge in [0.05, 0.1) is 0 Å². The van der Waals surface area contributed by atoms with Gasteiger partial charge >= 0.3 is 56.1 Å². The van der Waals surface area contributed by atoms with Crippen molar-refractivity contribution in [3.8, 4) is 10.1 Å². The van der Waals surface area contributed by atoms with E-state index in [1.165, 1.54) is 0 Å². The van der Waals surface area contributed by atoms with Gasteiger partial charge in [-0.05, 0) is 0 Å². The summed E-state index contributed by atoms with van der Waals surface area (Å²) >= 11 is 1.13. The van der Waals surface area contributed by atoms with Crippen LogP contribution in [0.3, 0.4) is 0 Å². The third-order valence-electron chi connectivity index (χ3n) is 0.463. The Bertz CT molecular complexity index is 106. The van der Waals surface area contributed by atoms with E-state index in [4.69, 9.17) is 0 Å². The molecule has 0 heterocycles. The van der Waals surface area contributed by atoms with Gasteiger partial charge in [-0.1, -0.05) is 0 Å². The predicted molar refractivity (Wildman–Crippen MR) is 38.4 cm³/mol. The van der Waals surface area contributed by atoms with Crippen molar-refractivity contribution in [1.82, 2.24) is 0 Å². The molecule has 0 aliphatic carbocycles. The van der Waals surface area contributed by atoms with Crippen LogP contribution in [0.4, 0.5) is 0 Å². The van der Waals surface area contributed by atoms with E-state index in [-0.39, 0.29) is 12.4 Å². The van der Waals surface area contributed by atoms with Crippen molar-refractivity contribution in [2.24, 2.45) is 0 Å². The average molecular weight is 199 g/mol. The fraction of sp³-hybridized carbons (Fsp3) is 0.600. The van der Waals surface area contributed by atoms with Gasteiger partial charge in [0.2, 0.25) is 0 Å². The average Bonchev–Trinajstić information content (AvgIpc) is 1.30. The van der Waals surface area contributed by atoms with Crippen LogP contribution in [0, 0.1) is 10.1 Å². The molecule has 0 aromatic heterocycles. The maximum atomic E-state index is 3.23. The number of hydrogen-bond donors (Lipinski definition) is 0. The van der Waals surface area contributed by atoms with E-state index in [1.807, 2.05) is 0 Å². The summed E-state index contributed by atoms with van der Waals surface area (Å²) in [5.41, 5.74) is 3.23. The minimum absolute atomic E-state index is 0. The third kappa shape index (κ3) is 9.85. The zero-order chi connectivity index (χ0) is 5.91. The first-order chi connectivity index (χ1) is 3.06. The van der Waals surface area contributed by atoms with Crippen LogP contribution in [-0.2, 0) is 18.3 Å². The first-order valence-electron chi connectivity index (χ1n) is 2.35. The van der Waals surface area contributed by atoms with Gasteiger partial charge < -0.3 is 0 Å². The van der Waals surface area contributed by atoms with Crippen LogP contribution in [0.2, 0.25) is 19.6 Å². The molecule has 43 valence electrons. The fourth-order valence-electron chi connectivity index (χ4n) is 0.265. The molecular weight excluding hydrogens is 189 g/mol. The van der Waals surface area contributed by atoms with Gasteiger partial charge in [-0.15, -0.1) is 12.4 Å². The predicted octanol–water partition coefficient (Wildman–Crippen LogP) is 1.79. The molecule has 0 amide bonds. The van der Waals surface area contributed by atoms with Gasteiger partial charge in [0, 0.05) is 0 Å². The van der Waals surface area contributed by atoms with Crippen molar-refractivity contribution in [2.75, 3.05) is 0 Å². The van der Waals surface area contributed by atoms with Gasteiger partial charge in [0.25, 0.3) is 0 Å². The summed E-state index contributed by atoms with van der Waals surface area (Å²) in [7, 11) is -0.987. The molecule has 3 heteroatoms. The van der Waals surface area contributed by atoms with E-state index in [2.05, 4.69) is 29.7 Å². The third-order valence-corrected chi connectivity index (χ3v) is 2.50. The normalized spacial score (nSPS) is 8.62. The molecule has 8 heavy (non-hydrogen) atoms. The quantitative estimate of drug-likeness (QED) is 0.412. The molecule has 0 aliphatic heterocycles. The maximum absolute atomic E-state index is 3.23. The number of hydrogen-bond acceptors (Lipinski definition) is 0. The van der Waals surface area contributed by atoms with Crippen LogP contribution < -0.4 is 0 Å². The second-order valence-corrected chi connectivity index (χ2v) is 8.04. The van der Waals surface area contributed by atoms with Gasteiger partial charge in [-0.25, -0.2) is 0 Å². The Labute approximate surface area is 68.5 Å². The Hall–Kier alpha value is 0.690. The van der Waals surface area contributed by atoms with Crippen LogP contribution >= 0.6 is 12.4 Å². The summed E-state index contributed by atoms with van der Waals surface area (Å²) in [4.78, 5) is 0. The second kappa shape index (κ2) is 4.56. The first kappa shape index (κ1) is 11.5. The van der Waals surface area contributed by atoms with Gasteiger partial charge in [-0.3, -0.25) is 0 Å². The van der Waals surface area contributed by atoms with Gasteiger partial charge in [-0.2, -0.15) is 0 Å². The SMILES string of the molecule is C[Si](C)(C)C#[C][Zn].Cl. The fourth-order valence-corrected chi connectivity index (χ4v) is 4.13. The molecule has 0 aliphatic rings. The van der Waals surface area contributed by atoms with Crippen LogP contribution in [0.1, 0.15) is 0 Å². The van der Waals surface area contributed by atoms with Crippen LogP contribution in [0.15, 0.2) is 0 Å².